The lowest BCUT2D eigenvalue weighted by atomic mass is 9.93. The molecule has 204 valence electrons. The maximum atomic E-state index is 13.2. The van der Waals surface area contributed by atoms with Gasteiger partial charge in [-0.3, -0.25) is 9.78 Å². The number of carbonyl (C=O) groups excluding carboxylic acids is 2. The number of nitrogens with one attached hydrogen (secondary N) is 1. The quantitative estimate of drug-likeness (QED) is 0.331. The fourth-order valence-electron chi connectivity index (χ4n) is 4.59. The number of aliphatic imine (C=N–C) groups is 1. The van der Waals surface area contributed by atoms with Crippen LogP contribution in [0, 0.1) is 0 Å². The zero-order valence-corrected chi connectivity index (χ0v) is 23.2. The minimum absolute atomic E-state index is 0.120. The fourth-order valence-corrected chi connectivity index (χ4v) is 5.55. The van der Waals surface area contributed by atoms with E-state index in [0.29, 0.717) is 35.3 Å². The monoisotopic (exact) mass is 554 g/mol. The lowest BCUT2D eigenvalue weighted by molar-refractivity contribution is -0.139. The number of amides is 1. The van der Waals surface area contributed by atoms with Gasteiger partial charge < -0.3 is 19.7 Å². The summed E-state index contributed by atoms with van der Waals surface area (Å²) in [4.78, 5) is 37.1. The van der Waals surface area contributed by atoms with Crippen LogP contribution in [-0.4, -0.2) is 33.5 Å². The molecular formula is C31H30N4O4S. The van der Waals surface area contributed by atoms with Crippen LogP contribution < -0.4 is 10.1 Å². The summed E-state index contributed by atoms with van der Waals surface area (Å²) < 4.78 is 11.6. The Balaban J connectivity index is 1.41. The zero-order valence-electron chi connectivity index (χ0n) is 22.4. The van der Waals surface area contributed by atoms with Gasteiger partial charge in [0.15, 0.2) is 5.17 Å². The van der Waals surface area contributed by atoms with Crippen LogP contribution >= 0.6 is 11.8 Å². The van der Waals surface area contributed by atoms with Crippen molar-refractivity contribution in [2.24, 2.45) is 4.99 Å². The van der Waals surface area contributed by atoms with E-state index in [1.54, 1.807) is 13.1 Å². The number of rotatable bonds is 10. The predicted octanol–water partition coefficient (Wildman–Crippen LogP) is 5.51. The number of pyridine rings is 1. The summed E-state index contributed by atoms with van der Waals surface area (Å²) in [5.41, 5.74) is 4.44. The van der Waals surface area contributed by atoms with Crippen LogP contribution in [0.2, 0.25) is 0 Å². The maximum absolute atomic E-state index is 13.2. The van der Waals surface area contributed by atoms with Gasteiger partial charge in [0.2, 0.25) is 5.91 Å². The number of hydrogen-bond acceptors (Lipinski definition) is 8. The van der Waals surface area contributed by atoms with E-state index < -0.39 is 12.0 Å². The molecule has 2 aromatic carbocycles. The first-order valence-electron chi connectivity index (χ1n) is 13.1. The van der Waals surface area contributed by atoms with E-state index in [1.807, 2.05) is 90.0 Å². The second kappa shape index (κ2) is 12.7. The summed E-state index contributed by atoms with van der Waals surface area (Å²) in [5.74, 6) is 0.0948. The molecular weight excluding hydrogens is 524 g/mol. The van der Waals surface area contributed by atoms with Gasteiger partial charge in [-0.05, 0) is 54.6 Å². The largest absolute Gasteiger partial charge is 0.489 e. The fraction of sp³-hybridized carbons (Fsp3) is 0.226. The minimum atomic E-state index is -0.531. The summed E-state index contributed by atoms with van der Waals surface area (Å²) >= 11 is 1.44. The average Bonchev–Trinajstić information content (AvgIpc) is 3.37. The van der Waals surface area contributed by atoms with Crippen molar-refractivity contribution in [3.05, 3.63) is 118 Å². The summed E-state index contributed by atoms with van der Waals surface area (Å²) in [6.45, 7) is 4.59. The Morgan fingerprint density at radius 2 is 1.88 bits per heavy atom. The van der Waals surface area contributed by atoms with Crippen molar-refractivity contribution < 1.29 is 19.1 Å². The molecule has 3 aromatic rings. The van der Waals surface area contributed by atoms with E-state index in [1.165, 1.54) is 11.8 Å². The average molecular weight is 555 g/mol. The Bertz CT molecular complexity index is 1470. The molecule has 5 rings (SSSR count). The highest BCUT2D eigenvalue weighted by molar-refractivity contribution is 8.16. The Labute approximate surface area is 237 Å². The van der Waals surface area contributed by atoms with Crippen molar-refractivity contribution in [3.63, 3.8) is 0 Å². The smallest absolute Gasteiger partial charge is 0.338 e. The molecule has 1 amide bonds. The molecule has 0 saturated carbocycles. The van der Waals surface area contributed by atoms with Gasteiger partial charge in [0.25, 0.3) is 0 Å². The predicted molar refractivity (Wildman–Crippen MR) is 155 cm³/mol. The van der Waals surface area contributed by atoms with Gasteiger partial charge >= 0.3 is 5.97 Å². The molecule has 0 unspecified atom stereocenters. The summed E-state index contributed by atoms with van der Waals surface area (Å²) in [5, 5.41) is 5.57. The normalized spacial score (nSPS) is 16.1. The highest BCUT2D eigenvalue weighted by atomic mass is 32.2. The molecule has 2 aliphatic heterocycles. The van der Waals surface area contributed by atoms with Gasteiger partial charge in [0.1, 0.15) is 12.4 Å². The van der Waals surface area contributed by atoms with Gasteiger partial charge in [0.05, 0.1) is 42.6 Å². The molecule has 0 radical (unpaired) electrons. The first-order valence-corrected chi connectivity index (χ1v) is 14.0. The van der Waals surface area contributed by atoms with Crippen molar-refractivity contribution in [3.8, 4) is 5.75 Å². The third-order valence-corrected chi connectivity index (χ3v) is 7.34. The molecule has 1 atom stereocenters. The number of esters is 1. The second-order valence-corrected chi connectivity index (χ2v) is 10.1. The Morgan fingerprint density at radius 1 is 1.05 bits per heavy atom. The molecule has 8 nitrogen and oxygen atoms in total. The zero-order chi connectivity index (χ0) is 27.9. The summed E-state index contributed by atoms with van der Waals surface area (Å²) in [6.07, 6.45) is 1.82. The number of nitrogens with zero attached hydrogens (tertiary/aromatic N) is 3. The SMILES string of the molecule is CCOC(=O)C1=C(C)N=C2SC=C(CC(=O)NCc3ccccn3)N2[C@H]1c1cccc(OCc2ccccc2)c1. The van der Waals surface area contributed by atoms with Crippen LogP contribution in [0.15, 0.2) is 106 Å². The molecule has 0 spiro atoms. The van der Waals surface area contributed by atoms with Crippen LogP contribution in [0.5, 0.6) is 5.75 Å². The number of thioether (sulfide) groups is 1. The van der Waals surface area contributed by atoms with Gasteiger partial charge in [-0.2, -0.15) is 0 Å². The van der Waals surface area contributed by atoms with Crippen molar-refractivity contribution in [2.45, 2.75) is 39.5 Å². The van der Waals surface area contributed by atoms with Crippen LogP contribution in [0.25, 0.3) is 0 Å². The molecule has 1 N–H and O–H groups in total. The molecule has 3 heterocycles. The number of allylic oxidation sites excluding steroid dienone is 1. The van der Waals surface area contributed by atoms with E-state index in [0.717, 1.165) is 22.5 Å². The first-order chi connectivity index (χ1) is 19.5. The molecule has 9 heteroatoms. The van der Waals surface area contributed by atoms with Crippen LogP contribution in [0.1, 0.15) is 43.1 Å². The van der Waals surface area contributed by atoms with Crippen molar-refractivity contribution in [2.75, 3.05) is 6.61 Å². The molecule has 2 aliphatic rings. The third-order valence-electron chi connectivity index (χ3n) is 6.45. The van der Waals surface area contributed by atoms with Crippen molar-refractivity contribution in [1.82, 2.24) is 15.2 Å². The lowest BCUT2D eigenvalue weighted by Crippen LogP contribution is -2.38. The maximum Gasteiger partial charge on any atom is 0.338 e. The van der Waals surface area contributed by atoms with Crippen LogP contribution in [-0.2, 0) is 27.5 Å². The van der Waals surface area contributed by atoms with Gasteiger partial charge in [0, 0.05) is 11.9 Å². The Kier molecular flexibility index (Phi) is 8.61. The molecule has 1 aromatic heterocycles. The number of carbonyl (C=O) groups is 2. The number of aromatic nitrogens is 1. The van der Waals surface area contributed by atoms with Crippen LogP contribution in [0.4, 0.5) is 0 Å². The van der Waals surface area contributed by atoms with Crippen LogP contribution in [0.3, 0.4) is 0 Å². The topological polar surface area (TPSA) is 93.1 Å². The van der Waals surface area contributed by atoms with Gasteiger partial charge in [-0.1, -0.05) is 60.3 Å². The Hall–Kier alpha value is -4.37. The summed E-state index contributed by atoms with van der Waals surface area (Å²) in [7, 11) is 0. The number of benzene rings is 2. The van der Waals surface area contributed by atoms with Gasteiger partial charge in [-0.15, -0.1) is 0 Å². The van der Waals surface area contributed by atoms with Crippen molar-refractivity contribution >= 4 is 28.8 Å². The second-order valence-electron chi connectivity index (χ2n) is 9.23. The number of ether oxygens (including phenoxy) is 2. The minimum Gasteiger partial charge on any atom is -0.489 e. The lowest BCUT2D eigenvalue weighted by Gasteiger charge is -2.36. The standard InChI is InChI=1S/C31H30N4O4S/c1-3-38-30(37)28-21(2)34-31-35(25(20-40-31)17-27(36)33-18-24-13-7-8-15-32-24)29(28)23-12-9-14-26(16-23)39-19-22-10-5-4-6-11-22/h4-16,20,29H,3,17-19H2,1-2H3,(H,33,36)/t29-/m0/s1. The molecule has 0 fully saturated rings. The number of hydrogen-bond donors (Lipinski definition) is 1. The van der Waals surface area contributed by atoms with E-state index in [4.69, 9.17) is 14.5 Å². The third kappa shape index (κ3) is 6.26. The highest BCUT2D eigenvalue weighted by Gasteiger charge is 2.41. The van der Waals surface area contributed by atoms with E-state index in [-0.39, 0.29) is 18.9 Å². The Morgan fingerprint density at radius 3 is 2.65 bits per heavy atom. The molecule has 40 heavy (non-hydrogen) atoms. The number of amidine groups is 1. The highest BCUT2D eigenvalue weighted by Crippen LogP contribution is 2.45. The van der Waals surface area contributed by atoms with Crippen molar-refractivity contribution in [1.29, 1.82) is 0 Å². The van der Waals surface area contributed by atoms with E-state index >= 15 is 0 Å². The van der Waals surface area contributed by atoms with Gasteiger partial charge in [-0.25, -0.2) is 9.79 Å². The van der Waals surface area contributed by atoms with E-state index in [2.05, 4.69) is 10.3 Å². The molecule has 0 saturated heterocycles. The number of fused-ring (bicyclic) bond motifs is 1. The first kappa shape index (κ1) is 27.2. The molecule has 0 bridgehead atoms. The van der Waals surface area contributed by atoms with E-state index in [9.17, 15) is 9.59 Å². The molecule has 0 aliphatic carbocycles. The summed E-state index contributed by atoms with van der Waals surface area (Å²) in [6, 6.07) is 22.7.